The third-order valence-electron chi connectivity index (χ3n) is 3.76. The highest BCUT2D eigenvalue weighted by Gasteiger charge is 2.26. The minimum absolute atomic E-state index is 0.0490. The average molecular weight is 292 g/mol. The highest BCUT2D eigenvalue weighted by atomic mass is 16.5. The molecule has 1 unspecified atom stereocenters. The van der Waals surface area contributed by atoms with Crippen LogP contribution in [0.5, 0.6) is 5.88 Å². The predicted octanol–water partition coefficient (Wildman–Crippen LogP) is 0.377. The van der Waals surface area contributed by atoms with Gasteiger partial charge in [0, 0.05) is 37.9 Å². The molecule has 1 aliphatic heterocycles. The molecule has 0 aromatic carbocycles. The van der Waals surface area contributed by atoms with Crippen LogP contribution in [-0.4, -0.2) is 49.1 Å². The molecule has 0 bridgehead atoms. The minimum atomic E-state index is 0.0490. The Bertz CT molecular complexity index is 467. The second-order valence-corrected chi connectivity index (χ2v) is 5.33. The average Bonchev–Trinajstić information content (AvgIpc) is 2.53. The molecule has 0 saturated carbocycles. The Morgan fingerprint density at radius 1 is 1.62 bits per heavy atom. The summed E-state index contributed by atoms with van der Waals surface area (Å²) in [6.45, 7) is 3.56. The lowest BCUT2D eigenvalue weighted by molar-refractivity contribution is -0.126. The SMILES string of the molecule is COc1ncccc1CN1CCCC(C(=O)NCCN)C1. The Morgan fingerprint density at radius 3 is 3.24 bits per heavy atom. The molecule has 1 fully saturated rings. The van der Waals surface area contributed by atoms with Crippen molar-refractivity contribution in [2.45, 2.75) is 19.4 Å². The summed E-state index contributed by atoms with van der Waals surface area (Å²) in [5.41, 5.74) is 6.48. The van der Waals surface area contributed by atoms with Gasteiger partial charge in [0.2, 0.25) is 11.8 Å². The first-order valence-electron chi connectivity index (χ1n) is 7.42. The quantitative estimate of drug-likeness (QED) is 0.792. The number of pyridine rings is 1. The standard InChI is InChI=1S/C15H24N4O2/c1-21-15-13(4-2-7-18-15)11-19-9-3-5-12(10-19)14(20)17-8-6-16/h2,4,7,12H,3,5-6,8-11,16H2,1H3,(H,17,20). The first-order chi connectivity index (χ1) is 10.2. The lowest BCUT2D eigenvalue weighted by atomic mass is 9.96. The molecule has 6 heteroatoms. The minimum Gasteiger partial charge on any atom is -0.481 e. The maximum absolute atomic E-state index is 12.0. The van der Waals surface area contributed by atoms with Gasteiger partial charge in [-0.2, -0.15) is 0 Å². The van der Waals surface area contributed by atoms with Crippen molar-refractivity contribution >= 4 is 5.91 Å². The van der Waals surface area contributed by atoms with Crippen LogP contribution in [0.3, 0.4) is 0 Å². The molecule has 1 saturated heterocycles. The summed E-state index contributed by atoms with van der Waals surface area (Å²) in [6.07, 6.45) is 3.70. The van der Waals surface area contributed by atoms with E-state index in [1.807, 2.05) is 12.1 Å². The predicted molar refractivity (Wildman–Crippen MR) is 80.9 cm³/mol. The second-order valence-electron chi connectivity index (χ2n) is 5.33. The number of hydrogen-bond donors (Lipinski definition) is 2. The summed E-state index contributed by atoms with van der Waals surface area (Å²) in [5.74, 6) is 0.823. The van der Waals surface area contributed by atoms with Gasteiger partial charge in [-0.3, -0.25) is 9.69 Å². The van der Waals surface area contributed by atoms with E-state index in [1.54, 1.807) is 13.3 Å². The molecular formula is C15H24N4O2. The van der Waals surface area contributed by atoms with Gasteiger partial charge in [-0.05, 0) is 25.5 Å². The van der Waals surface area contributed by atoms with Crippen LogP contribution in [0.4, 0.5) is 0 Å². The van der Waals surface area contributed by atoms with Crippen LogP contribution in [0.2, 0.25) is 0 Å². The van der Waals surface area contributed by atoms with E-state index in [0.717, 1.165) is 38.0 Å². The van der Waals surface area contributed by atoms with Crippen molar-refractivity contribution in [2.24, 2.45) is 11.7 Å². The maximum atomic E-state index is 12.0. The Labute approximate surface area is 125 Å². The molecule has 1 amide bonds. The fraction of sp³-hybridized carbons (Fsp3) is 0.600. The van der Waals surface area contributed by atoms with Crippen LogP contribution in [-0.2, 0) is 11.3 Å². The van der Waals surface area contributed by atoms with Gasteiger partial charge in [0.1, 0.15) is 0 Å². The maximum Gasteiger partial charge on any atom is 0.224 e. The number of amides is 1. The molecule has 3 N–H and O–H groups in total. The number of rotatable bonds is 6. The van der Waals surface area contributed by atoms with E-state index in [2.05, 4.69) is 15.2 Å². The Kier molecular flexibility index (Phi) is 5.95. The number of nitrogens with one attached hydrogen (secondary N) is 1. The van der Waals surface area contributed by atoms with Gasteiger partial charge in [-0.15, -0.1) is 0 Å². The first kappa shape index (κ1) is 15.7. The van der Waals surface area contributed by atoms with Crippen molar-refractivity contribution in [2.75, 3.05) is 33.3 Å². The highest BCUT2D eigenvalue weighted by Crippen LogP contribution is 2.21. The molecule has 0 aliphatic carbocycles. The summed E-state index contributed by atoms with van der Waals surface area (Å²) in [5, 5.41) is 2.88. The van der Waals surface area contributed by atoms with E-state index < -0.39 is 0 Å². The smallest absolute Gasteiger partial charge is 0.224 e. The van der Waals surface area contributed by atoms with Crippen LogP contribution < -0.4 is 15.8 Å². The second kappa shape index (κ2) is 7.95. The summed E-state index contributed by atoms with van der Waals surface area (Å²) in [7, 11) is 1.63. The number of nitrogens with zero attached hydrogens (tertiary/aromatic N) is 2. The molecule has 0 spiro atoms. The molecule has 0 radical (unpaired) electrons. The fourth-order valence-corrected chi connectivity index (χ4v) is 2.72. The van der Waals surface area contributed by atoms with Gasteiger partial charge >= 0.3 is 0 Å². The van der Waals surface area contributed by atoms with E-state index in [9.17, 15) is 4.79 Å². The van der Waals surface area contributed by atoms with Gasteiger partial charge < -0.3 is 15.8 Å². The fourth-order valence-electron chi connectivity index (χ4n) is 2.72. The van der Waals surface area contributed by atoms with Gasteiger partial charge in [0.25, 0.3) is 0 Å². The Morgan fingerprint density at radius 2 is 2.48 bits per heavy atom. The zero-order valence-corrected chi connectivity index (χ0v) is 12.5. The molecule has 2 heterocycles. The Hall–Kier alpha value is -1.66. The molecule has 21 heavy (non-hydrogen) atoms. The highest BCUT2D eigenvalue weighted by molar-refractivity contribution is 5.78. The number of methoxy groups -OCH3 is 1. The van der Waals surface area contributed by atoms with Crippen molar-refractivity contribution in [3.8, 4) is 5.88 Å². The largest absolute Gasteiger partial charge is 0.481 e. The number of aromatic nitrogens is 1. The summed E-state index contributed by atoms with van der Waals surface area (Å²) in [6, 6.07) is 3.93. The van der Waals surface area contributed by atoms with Crippen LogP contribution >= 0.6 is 0 Å². The van der Waals surface area contributed by atoms with E-state index in [-0.39, 0.29) is 11.8 Å². The molecule has 2 rings (SSSR count). The number of carbonyl (C=O) groups is 1. The number of hydrogen-bond acceptors (Lipinski definition) is 5. The summed E-state index contributed by atoms with van der Waals surface area (Å²) < 4.78 is 5.28. The van der Waals surface area contributed by atoms with Crippen molar-refractivity contribution in [1.29, 1.82) is 0 Å². The number of nitrogens with two attached hydrogens (primary N) is 1. The van der Waals surface area contributed by atoms with Crippen molar-refractivity contribution in [1.82, 2.24) is 15.2 Å². The van der Waals surface area contributed by atoms with Crippen molar-refractivity contribution in [3.63, 3.8) is 0 Å². The zero-order valence-electron chi connectivity index (χ0n) is 12.5. The van der Waals surface area contributed by atoms with E-state index in [0.29, 0.717) is 19.0 Å². The lowest BCUT2D eigenvalue weighted by Crippen LogP contribution is -2.43. The number of ether oxygens (including phenoxy) is 1. The van der Waals surface area contributed by atoms with Gasteiger partial charge in [-0.1, -0.05) is 6.07 Å². The number of carbonyl (C=O) groups excluding carboxylic acids is 1. The molecule has 1 aromatic rings. The first-order valence-corrected chi connectivity index (χ1v) is 7.42. The van der Waals surface area contributed by atoms with Gasteiger partial charge in [0.05, 0.1) is 13.0 Å². The third kappa shape index (κ3) is 4.41. The van der Waals surface area contributed by atoms with Crippen LogP contribution in [0, 0.1) is 5.92 Å². The molecule has 1 aliphatic rings. The zero-order chi connectivity index (χ0) is 15.1. The van der Waals surface area contributed by atoms with Crippen molar-refractivity contribution < 1.29 is 9.53 Å². The summed E-state index contributed by atoms with van der Waals surface area (Å²) in [4.78, 5) is 18.6. The van der Waals surface area contributed by atoms with E-state index in [1.165, 1.54) is 0 Å². The molecule has 1 atom stereocenters. The van der Waals surface area contributed by atoms with E-state index >= 15 is 0 Å². The Balaban J connectivity index is 1.93. The third-order valence-corrected chi connectivity index (χ3v) is 3.76. The molecular weight excluding hydrogens is 268 g/mol. The van der Waals surface area contributed by atoms with Crippen LogP contribution in [0.15, 0.2) is 18.3 Å². The van der Waals surface area contributed by atoms with Crippen molar-refractivity contribution in [3.05, 3.63) is 23.9 Å². The van der Waals surface area contributed by atoms with Crippen LogP contribution in [0.1, 0.15) is 18.4 Å². The monoisotopic (exact) mass is 292 g/mol. The lowest BCUT2D eigenvalue weighted by Gasteiger charge is -2.32. The molecule has 116 valence electrons. The topological polar surface area (TPSA) is 80.5 Å². The number of likely N-dealkylation sites (tertiary alicyclic amines) is 1. The molecule has 6 nitrogen and oxygen atoms in total. The van der Waals surface area contributed by atoms with Gasteiger partial charge in [-0.25, -0.2) is 4.98 Å². The normalized spacial score (nSPS) is 19.2. The van der Waals surface area contributed by atoms with Gasteiger partial charge in [0.15, 0.2) is 0 Å². The molecule has 1 aromatic heterocycles. The summed E-state index contributed by atoms with van der Waals surface area (Å²) >= 11 is 0. The number of piperidine rings is 1. The van der Waals surface area contributed by atoms with E-state index in [4.69, 9.17) is 10.5 Å². The van der Waals surface area contributed by atoms with Crippen LogP contribution in [0.25, 0.3) is 0 Å².